The van der Waals surface area contributed by atoms with Crippen LogP contribution in [0.25, 0.3) is 0 Å². The van der Waals surface area contributed by atoms with Crippen LogP contribution in [0.1, 0.15) is 37.0 Å². The van der Waals surface area contributed by atoms with Gasteiger partial charge in [-0.05, 0) is 56.9 Å². The van der Waals surface area contributed by atoms with Crippen molar-refractivity contribution in [1.29, 1.82) is 0 Å². The molecule has 25 heavy (non-hydrogen) atoms. The second-order valence-electron chi connectivity index (χ2n) is 7.44. The first-order valence-corrected chi connectivity index (χ1v) is 8.76. The minimum atomic E-state index is -0.388. The maximum absolute atomic E-state index is 12.7. The Kier molecular flexibility index (Phi) is 3.78. The van der Waals surface area contributed by atoms with Gasteiger partial charge in [0.1, 0.15) is 6.10 Å². The molecular formula is C19H21NO5. The average Bonchev–Trinajstić information content (AvgIpc) is 3.16. The first kappa shape index (κ1) is 16.1. The van der Waals surface area contributed by atoms with E-state index in [9.17, 15) is 14.4 Å². The highest BCUT2D eigenvalue weighted by Crippen LogP contribution is 2.57. The molecule has 0 spiro atoms. The number of benzene rings is 1. The van der Waals surface area contributed by atoms with Gasteiger partial charge in [-0.15, -0.1) is 0 Å². The van der Waals surface area contributed by atoms with Crippen molar-refractivity contribution in [3.05, 3.63) is 29.8 Å². The van der Waals surface area contributed by atoms with Gasteiger partial charge < -0.3 is 14.8 Å². The zero-order valence-electron chi connectivity index (χ0n) is 14.2. The van der Waals surface area contributed by atoms with E-state index in [2.05, 4.69) is 5.32 Å². The van der Waals surface area contributed by atoms with Crippen LogP contribution in [0, 0.1) is 23.7 Å². The number of hydrogen-bond acceptors (Lipinski definition) is 5. The summed E-state index contributed by atoms with van der Waals surface area (Å²) in [6.07, 6.45) is 1.54. The van der Waals surface area contributed by atoms with Gasteiger partial charge in [-0.1, -0.05) is 0 Å². The Morgan fingerprint density at radius 3 is 2.60 bits per heavy atom. The van der Waals surface area contributed by atoms with Gasteiger partial charge in [0.05, 0.1) is 23.5 Å². The molecule has 6 heteroatoms. The van der Waals surface area contributed by atoms with E-state index in [-0.39, 0.29) is 53.7 Å². The number of anilines is 1. The molecule has 1 aromatic rings. The minimum absolute atomic E-state index is 0.0257. The Morgan fingerprint density at radius 1 is 1.20 bits per heavy atom. The maximum atomic E-state index is 12.7. The van der Waals surface area contributed by atoms with E-state index < -0.39 is 0 Å². The number of nitrogens with one attached hydrogen (secondary N) is 1. The molecule has 1 amide bonds. The standard InChI is InChI=1S/C19H21NO5/c1-9(2)24-18(22)10-3-5-12(6-4-10)20-17(21)15-11-7-13-14(8-11)25-19(23)16(13)15/h3-6,9,11,13-16H,7-8H2,1-2H3,(H,20,21)/t11-,13-,14+,15+,16-/m0/s1. The van der Waals surface area contributed by atoms with Gasteiger partial charge >= 0.3 is 11.9 Å². The smallest absolute Gasteiger partial charge is 0.338 e. The highest BCUT2D eigenvalue weighted by Gasteiger charge is 2.63. The third-order valence-electron chi connectivity index (χ3n) is 5.52. The summed E-state index contributed by atoms with van der Waals surface area (Å²) in [5.41, 5.74) is 1.05. The number of rotatable bonds is 4. The van der Waals surface area contributed by atoms with Crippen LogP contribution in [0.2, 0.25) is 0 Å². The van der Waals surface area contributed by atoms with Gasteiger partial charge in [0.2, 0.25) is 5.91 Å². The summed E-state index contributed by atoms with van der Waals surface area (Å²) < 4.78 is 10.5. The minimum Gasteiger partial charge on any atom is -0.462 e. The van der Waals surface area contributed by atoms with E-state index >= 15 is 0 Å². The summed E-state index contributed by atoms with van der Waals surface area (Å²) in [7, 11) is 0. The third-order valence-corrected chi connectivity index (χ3v) is 5.52. The van der Waals surface area contributed by atoms with Crippen molar-refractivity contribution in [2.75, 3.05) is 5.32 Å². The Balaban J connectivity index is 1.43. The molecule has 1 heterocycles. The van der Waals surface area contributed by atoms with Gasteiger partial charge in [-0.25, -0.2) is 4.79 Å². The number of carbonyl (C=O) groups is 3. The summed E-state index contributed by atoms with van der Waals surface area (Å²) in [6.45, 7) is 3.58. The molecule has 1 saturated heterocycles. The van der Waals surface area contributed by atoms with E-state index in [1.165, 1.54) is 0 Å². The summed E-state index contributed by atoms with van der Waals surface area (Å²) in [6, 6.07) is 6.61. The van der Waals surface area contributed by atoms with Gasteiger partial charge in [0.15, 0.2) is 0 Å². The Morgan fingerprint density at radius 2 is 1.92 bits per heavy atom. The number of carbonyl (C=O) groups excluding carboxylic acids is 3. The second-order valence-corrected chi connectivity index (χ2v) is 7.44. The number of ether oxygens (including phenoxy) is 2. The predicted molar refractivity (Wildman–Crippen MR) is 88.7 cm³/mol. The van der Waals surface area contributed by atoms with Crippen LogP contribution in [0.3, 0.4) is 0 Å². The first-order valence-electron chi connectivity index (χ1n) is 8.76. The molecule has 0 radical (unpaired) electrons. The topological polar surface area (TPSA) is 81.7 Å². The highest BCUT2D eigenvalue weighted by molar-refractivity contribution is 5.97. The second kappa shape index (κ2) is 5.86. The van der Waals surface area contributed by atoms with Crippen molar-refractivity contribution in [3.63, 3.8) is 0 Å². The fourth-order valence-electron chi connectivity index (χ4n) is 4.56. The van der Waals surface area contributed by atoms with Gasteiger partial charge in [-0.3, -0.25) is 9.59 Å². The van der Waals surface area contributed by atoms with E-state index in [1.54, 1.807) is 38.1 Å². The molecule has 1 aliphatic heterocycles. The number of esters is 2. The SMILES string of the molecule is CC(C)OC(=O)c1ccc(NC(=O)[C@@H]2[C@H]3C[C@@H]4[C@@H]2C(=O)O[C@@H]4C3)cc1. The Hall–Kier alpha value is -2.37. The van der Waals surface area contributed by atoms with Crippen LogP contribution >= 0.6 is 0 Å². The van der Waals surface area contributed by atoms with Crippen LogP contribution in [0.5, 0.6) is 0 Å². The predicted octanol–water partition coefficient (Wildman–Crippen LogP) is 2.39. The normalized spacial score (nSPS) is 32.0. The molecule has 6 nitrogen and oxygen atoms in total. The Bertz CT molecular complexity index is 724. The molecule has 3 aliphatic rings. The molecule has 0 aromatic heterocycles. The van der Waals surface area contributed by atoms with Crippen molar-refractivity contribution in [2.45, 2.75) is 38.9 Å². The lowest BCUT2D eigenvalue weighted by molar-refractivity contribution is -0.145. The lowest BCUT2D eigenvalue weighted by Gasteiger charge is -2.23. The van der Waals surface area contributed by atoms with E-state index in [4.69, 9.17) is 9.47 Å². The van der Waals surface area contributed by atoms with Gasteiger partial charge in [-0.2, -0.15) is 0 Å². The quantitative estimate of drug-likeness (QED) is 0.849. The maximum Gasteiger partial charge on any atom is 0.338 e. The summed E-state index contributed by atoms with van der Waals surface area (Å²) >= 11 is 0. The van der Waals surface area contributed by atoms with E-state index in [1.807, 2.05) is 0 Å². The van der Waals surface area contributed by atoms with Crippen molar-refractivity contribution in [3.8, 4) is 0 Å². The molecule has 2 saturated carbocycles. The van der Waals surface area contributed by atoms with E-state index in [0.717, 1.165) is 12.8 Å². The Labute approximate surface area is 145 Å². The molecule has 2 aliphatic carbocycles. The molecule has 3 fully saturated rings. The fourth-order valence-corrected chi connectivity index (χ4v) is 4.56. The van der Waals surface area contributed by atoms with Crippen molar-refractivity contribution >= 4 is 23.5 Å². The molecule has 4 rings (SSSR count). The average molecular weight is 343 g/mol. The lowest BCUT2D eigenvalue weighted by atomic mass is 9.79. The number of amides is 1. The van der Waals surface area contributed by atoms with E-state index in [0.29, 0.717) is 11.3 Å². The summed E-state index contributed by atoms with van der Waals surface area (Å²) in [4.78, 5) is 36.6. The summed E-state index contributed by atoms with van der Waals surface area (Å²) in [5, 5.41) is 2.88. The van der Waals surface area contributed by atoms with Crippen LogP contribution in [0.4, 0.5) is 5.69 Å². The zero-order valence-corrected chi connectivity index (χ0v) is 14.2. The van der Waals surface area contributed by atoms with Crippen LogP contribution in [-0.2, 0) is 19.1 Å². The monoisotopic (exact) mass is 343 g/mol. The van der Waals surface area contributed by atoms with Gasteiger partial charge in [0.25, 0.3) is 0 Å². The molecule has 1 aromatic carbocycles. The van der Waals surface area contributed by atoms with Crippen molar-refractivity contribution in [2.24, 2.45) is 23.7 Å². The van der Waals surface area contributed by atoms with Gasteiger partial charge in [0, 0.05) is 11.6 Å². The molecule has 132 valence electrons. The summed E-state index contributed by atoms with van der Waals surface area (Å²) in [5.74, 6) is -0.894. The molecule has 2 bridgehead atoms. The first-order chi connectivity index (χ1) is 11.9. The van der Waals surface area contributed by atoms with Crippen LogP contribution in [0.15, 0.2) is 24.3 Å². The molecular weight excluding hydrogens is 322 g/mol. The molecule has 5 atom stereocenters. The van der Waals surface area contributed by atoms with Crippen molar-refractivity contribution < 1.29 is 23.9 Å². The highest BCUT2D eigenvalue weighted by atomic mass is 16.6. The number of hydrogen-bond donors (Lipinski definition) is 1. The molecule has 0 unspecified atom stereocenters. The van der Waals surface area contributed by atoms with Crippen LogP contribution in [-0.4, -0.2) is 30.1 Å². The number of fused-ring (bicyclic) bond motifs is 1. The largest absolute Gasteiger partial charge is 0.462 e. The van der Waals surface area contributed by atoms with Crippen molar-refractivity contribution in [1.82, 2.24) is 0 Å². The van der Waals surface area contributed by atoms with Crippen LogP contribution < -0.4 is 5.32 Å². The fraction of sp³-hybridized carbons (Fsp3) is 0.526. The lowest BCUT2D eigenvalue weighted by Crippen LogP contribution is -2.35. The molecule has 1 N–H and O–H groups in total. The zero-order chi connectivity index (χ0) is 17.7. The third kappa shape index (κ3) is 2.69.